The van der Waals surface area contributed by atoms with E-state index in [-0.39, 0.29) is 18.8 Å². The van der Waals surface area contributed by atoms with Crippen LogP contribution in [0, 0.1) is 0 Å². The van der Waals surface area contributed by atoms with E-state index in [2.05, 4.69) is 21.2 Å². The van der Waals surface area contributed by atoms with Crippen LogP contribution in [0.15, 0.2) is 53.0 Å². The summed E-state index contributed by atoms with van der Waals surface area (Å²) in [6.45, 7) is 1.48. The Labute approximate surface area is 180 Å². The van der Waals surface area contributed by atoms with Gasteiger partial charge in [0.15, 0.2) is 0 Å². The van der Waals surface area contributed by atoms with Gasteiger partial charge in [-0.05, 0) is 43.3 Å². The number of ether oxygens (including phenoxy) is 1. The molecule has 0 fully saturated rings. The Morgan fingerprint density at radius 3 is 2.53 bits per heavy atom. The van der Waals surface area contributed by atoms with E-state index in [1.807, 2.05) is 0 Å². The Hall–Kier alpha value is -2.81. The van der Waals surface area contributed by atoms with Crippen LogP contribution in [0.4, 0.5) is 18.9 Å². The van der Waals surface area contributed by atoms with Crippen LogP contribution < -0.4 is 10.1 Å². The third kappa shape index (κ3) is 6.35. The maximum Gasteiger partial charge on any atom is 0.418 e. The van der Waals surface area contributed by atoms with Gasteiger partial charge in [-0.1, -0.05) is 28.1 Å². The second kappa shape index (κ2) is 10.3. The number of methoxy groups -OCH3 is 1. The molecule has 0 unspecified atom stereocenters. The molecule has 0 radical (unpaired) electrons. The summed E-state index contributed by atoms with van der Waals surface area (Å²) in [6.07, 6.45) is -1.77. The minimum absolute atomic E-state index is 0.202. The van der Waals surface area contributed by atoms with Crippen LogP contribution >= 0.6 is 15.9 Å². The number of nitrogens with zero attached hydrogens (tertiary/aromatic N) is 1. The van der Waals surface area contributed by atoms with Gasteiger partial charge in [-0.3, -0.25) is 9.59 Å². The van der Waals surface area contributed by atoms with Crippen LogP contribution in [-0.4, -0.2) is 36.9 Å². The zero-order valence-electron chi connectivity index (χ0n) is 16.3. The van der Waals surface area contributed by atoms with Crippen molar-refractivity contribution >= 4 is 39.5 Å². The molecule has 5 nitrogen and oxygen atoms in total. The van der Waals surface area contributed by atoms with Crippen LogP contribution in [0.3, 0.4) is 0 Å². The zero-order valence-corrected chi connectivity index (χ0v) is 17.9. The minimum Gasteiger partial charge on any atom is -0.496 e. The molecule has 0 spiro atoms. The number of hydrogen-bond donors (Lipinski definition) is 1. The molecule has 0 aliphatic carbocycles. The quantitative estimate of drug-likeness (QED) is 0.564. The number of rotatable bonds is 7. The summed E-state index contributed by atoms with van der Waals surface area (Å²) < 4.78 is 45.2. The van der Waals surface area contributed by atoms with Crippen molar-refractivity contribution in [3.8, 4) is 5.75 Å². The van der Waals surface area contributed by atoms with Crippen LogP contribution in [-0.2, 0) is 15.8 Å². The molecule has 0 atom stereocenters. The molecule has 0 aliphatic rings. The number of para-hydroxylation sites is 1. The molecule has 160 valence electrons. The number of hydrogen-bond acceptors (Lipinski definition) is 3. The lowest BCUT2D eigenvalue weighted by Gasteiger charge is -2.20. The molecule has 2 aromatic rings. The number of likely N-dealkylation sites (N-methyl/N-ethyl adjacent to an activating group) is 1. The van der Waals surface area contributed by atoms with Crippen molar-refractivity contribution in [3.63, 3.8) is 0 Å². The molecule has 0 bridgehead atoms. The Morgan fingerprint density at radius 1 is 1.20 bits per heavy atom. The fourth-order valence-corrected chi connectivity index (χ4v) is 3.03. The largest absolute Gasteiger partial charge is 0.496 e. The monoisotopic (exact) mass is 484 g/mol. The molecule has 2 aromatic carbocycles. The van der Waals surface area contributed by atoms with Crippen molar-refractivity contribution in [2.45, 2.75) is 13.1 Å². The summed E-state index contributed by atoms with van der Waals surface area (Å²) in [5.74, 6) is -0.624. The van der Waals surface area contributed by atoms with Crippen molar-refractivity contribution in [1.29, 1.82) is 0 Å². The topological polar surface area (TPSA) is 58.6 Å². The second-order valence-electron chi connectivity index (χ2n) is 6.16. The van der Waals surface area contributed by atoms with Crippen LogP contribution in [0.1, 0.15) is 18.1 Å². The number of amides is 2. The summed E-state index contributed by atoms with van der Waals surface area (Å²) in [5, 5.41) is 2.23. The Morgan fingerprint density at radius 2 is 1.90 bits per heavy atom. The number of benzene rings is 2. The number of carbonyl (C=O) groups is 2. The molecule has 9 heteroatoms. The zero-order chi connectivity index (χ0) is 22.3. The van der Waals surface area contributed by atoms with E-state index in [1.54, 1.807) is 31.2 Å². The van der Waals surface area contributed by atoms with Gasteiger partial charge in [-0.15, -0.1) is 0 Å². The first-order valence-electron chi connectivity index (χ1n) is 8.92. The van der Waals surface area contributed by atoms with E-state index >= 15 is 0 Å². The minimum atomic E-state index is -4.60. The molecule has 2 rings (SSSR count). The second-order valence-corrected chi connectivity index (χ2v) is 7.08. The molecule has 0 heterocycles. The molecule has 0 saturated carbocycles. The van der Waals surface area contributed by atoms with Crippen molar-refractivity contribution in [2.24, 2.45) is 0 Å². The lowest BCUT2D eigenvalue weighted by Crippen LogP contribution is -2.37. The van der Waals surface area contributed by atoms with Crippen LogP contribution in [0.5, 0.6) is 5.75 Å². The number of carbonyl (C=O) groups excluding carboxylic acids is 2. The molecular weight excluding hydrogens is 465 g/mol. The van der Waals surface area contributed by atoms with Crippen LogP contribution in [0.2, 0.25) is 0 Å². The van der Waals surface area contributed by atoms with E-state index in [4.69, 9.17) is 4.74 Å². The standard InChI is InChI=1S/C21H20BrF3N2O3/c1-3-27(20(29)11-8-14-12-15(22)9-10-18(14)30-2)13-19(28)26-17-7-5-4-6-16(17)21(23,24)25/h4-12H,3,13H2,1-2H3,(H,26,28)/b11-8+. The third-order valence-corrected chi connectivity index (χ3v) is 4.62. The SMILES string of the molecule is CCN(CC(=O)Nc1ccccc1C(F)(F)F)C(=O)/C=C/c1cc(Br)ccc1OC. The van der Waals surface area contributed by atoms with Crippen molar-refractivity contribution in [3.05, 3.63) is 64.1 Å². The van der Waals surface area contributed by atoms with Crippen molar-refractivity contribution < 1.29 is 27.5 Å². The summed E-state index contributed by atoms with van der Waals surface area (Å²) in [4.78, 5) is 25.9. The average molecular weight is 485 g/mol. The molecule has 1 N–H and O–H groups in total. The first kappa shape index (κ1) is 23.5. The molecule has 0 aromatic heterocycles. The Kier molecular flexibility index (Phi) is 8.05. The Balaban J connectivity index is 2.09. The molecule has 2 amide bonds. The van der Waals surface area contributed by atoms with Gasteiger partial charge in [0.25, 0.3) is 0 Å². The summed E-state index contributed by atoms with van der Waals surface area (Å²) >= 11 is 3.34. The number of anilines is 1. The smallest absolute Gasteiger partial charge is 0.418 e. The summed E-state index contributed by atoms with van der Waals surface area (Å²) in [7, 11) is 1.50. The lowest BCUT2D eigenvalue weighted by atomic mass is 10.1. The molecule has 30 heavy (non-hydrogen) atoms. The van der Waals surface area contributed by atoms with Gasteiger partial charge in [0, 0.05) is 22.7 Å². The first-order valence-corrected chi connectivity index (χ1v) is 9.71. The highest BCUT2D eigenvalue weighted by molar-refractivity contribution is 9.10. The highest BCUT2D eigenvalue weighted by Crippen LogP contribution is 2.34. The van der Waals surface area contributed by atoms with Crippen molar-refractivity contribution in [2.75, 3.05) is 25.5 Å². The van der Waals surface area contributed by atoms with Gasteiger partial charge in [0.2, 0.25) is 11.8 Å². The molecule has 0 aliphatic heterocycles. The van der Waals surface area contributed by atoms with Crippen LogP contribution in [0.25, 0.3) is 6.08 Å². The van der Waals surface area contributed by atoms with Crippen molar-refractivity contribution in [1.82, 2.24) is 4.90 Å². The fraction of sp³-hybridized carbons (Fsp3) is 0.238. The van der Waals surface area contributed by atoms with E-state index < -0.39 is 23.6 Å². The summed E-state index contributed by atoms with van der Waals surface area (Å²) in [6, 6.07) is 9.96. The number of nitrogens with one attached hydrogen (secondary N) is 1. The van der Waals surface area contributed by atoms with E-state index in [9.17, 15) is 22.8 Å². The first-order chi connectivity index (χ1) is 14.2. The third-order valence-electron chi connectivity index (χ3n) is 4.13. The predicted octanol–water partition coefficient (Wildman–Crippen LogP) is 4.98. The van der Waals surface area contributed by atoms with E-state index in [0.29, 0.717) is 11.3 Å². The number of alkyl halides is 3. The fourth-order valence-electron chi connectivity index (χ4n) is 2.65. The van der Waals surface area contributed by atoms with Gasteiger partial charge in [-0.2, -0.15) is 13.2 Å². The van der Waals surface area contributed by atoms with E-state index in [1.165, 1.54) is 30.2 Å². The summed E-state index contributed by atoms with van der Waals surface area (Å²) in [5.41, 5.74) is -0.651. The van der Waals surface area contributed by atoms with Gasteiger partial charge in [-0.25, -0.2) is 0 Å². The highest BCUT2D eigenvalue weighted by Gasteiger charge is 2.33. The molecular formula is C21H20BrF3N2O3. The van der Waals surface area contributed by atoms with E-state index in [0.717, 1.165) is 16.6 Å². The highest BCUT2D eigenvalue weighted by atomic mass is 79.9. The maximum atomic E-state index is 13.1. The van der Waals surface area contributed by atoms with Gasteiger partial charge in [0.05, 0.1) is 18.4 Å². The molecule has 0 saturated heterocycles. The number of halogens is 4. The maximum absolute atomic E-state index is 13.1. The lowest BCUT2D eigenvalue weighted by molar-refractivity contribution is -0.137. The Bertz CT molecular complexity index is 945. The average Bonchev–Trinajstić information content (AvgIpc) is 2.70. The normalized spacial score (nSPS) is 11.4. The van der Waals surface area contributed by atoms with Gasteiger partial charge >= 0.3 is 6.18 Å². The van der Waals surface area contributed by atoms with Gasteiger partial charge in [0.1, 0.15) is 12.3 Å². The van der Waals surface area contributed by atoms with Gasteiger partial charge < -0.3 is 15.0 Å². The predicted molar refractivity (Wildman–Crippen MR) is 112 cm³/mol.